The molecule has 0 radical (unpaired) electrons. The standard InChI is InChI=1S/C29H45NO/c1-19-25(26(19)30-16-6-5-7-17-30)24-11-10-22-21-9-8-20-18-27(2,31)14-15-28(20,3)23(21)12-13-29(22,24)4/h8-9,18-19,21-26,31H,5-7,10-17H2,1-4H3/t19-,21?,22-,23+,24?,25?,26?,27?,28+,29-/m0/s1. The van der Waals surface area contributed by atoms with Gasteiger partial charge in [-0.1, -0.05) is 39.3 Å². The Kier molecular flexibility index (Phi) is 4.70. The van der Waals surface area contributed by atoms with Crippen LogP contribution in [-0.2, 0) is 0 Å². The first-order valence-electron chi connectivity index (χ1n) is 13.6. The van der Waals surface area contributed by atoms with E-state index in [0.29, 0.717) is 5.41 Å². The molecule has 1 saturated heterocycles. The number of hydrogen-bond donors (Lipinski definition) is 1. The molecule has 2 nitrogen and oxygen atoms in total. The lowest BCUT2D eigenvalue weighted by molar-refractivity contribution is -0.0323. The lowest BCUT2D eigenvalue weighted by atomic mass is 9.48. The van der Waals surface area contributed by atoms with Gasteiger partial charge in [0.2, 0.25) is 0 Å². The normalized spacial score (nSPS) is 56.4. The highest BCUT2D eigenvalue weighted by molar-refractivity contribution is 5.38. The average molecular weight is 424 g/mol. The number of piperidine rings is 1. The van der Waals surface area contributed by atoms with Crippen molar-refractivity contribution in [2.75, 3.05) is 13.1 Å². The maximum atomic E-state index is 10.7. The minimum Gasteiger partial charge on any atom is -0.386 e. The van der Waals surface area contributed by atoms with Crippen molar-refractivity contribution in [2.45, 2.75) is 97.1 Å². The Balaban J connectivity index is 1.25. The van der Waals surface area contributed by atoms with Crippen LogP contribution in [0.4, 0.5) is 0 Å². The molecule has 0 aromatic carbocycles. The van der Waals surface area contributed by atoms with E-state index in [1.54, 1.807) is 0 Å². The van der Waals surface area contributed by atoms with Crippen molar-refractivity contribution in [2.24, 2.45) is 46.3 Å². The topological polar surface area (TPSA) is 23.5 Å². The highest BCUT2D eigenvalue weighted by Crippen LogP contribution is 2.69. The molecule has 10 atom stereocenters. The number of nitrogens with zero attached hydrogens (tertiary/aromatic N) is 1. The maximum Gasteiger partial charge on any atom is 0.0805 e. The van der Waals surface area contributed by atoms with Crippen LogP contribution in [-0.4, -0.2) is 34.7 Å². The molecule has 172 valence electrons. The fraction of sp³-hybridized carbons (Fsp3) is 0.862. The number of aliphatic hydroxyl groups is 1. The number of likely N-dealkylation sites (tertiary alicyclic amines) is 1. The second kappa shape index (κ2) is 6.95. The average Bonchev–Trinajstić information content (AvgIpc) is 3.27. The molecule has 2 heteroatoms. The van der Waals surface area contributed by atoms with Crippen molar-refractivity contribution in [1.82, 2.24) is 4.90 Å². The van der Waals surface area contributed by atoms with Crippen molar-refractivity contribution in [3.8, 4) is 0 Å². The van der Waals surface area contributed by atoms with Gasteiger partial charge >= 0.3 is 0 Å². The first-order valence-corrected chi connectivity index (χ1v) is 13.6. The summed E-state index contributed by atoms with van der Waals surface area (Å²) in [6.45, 7) is 12.5. The fourth-order valence-electron chi connectivity index (χ4n) is 9.83. The molecular formula is C29H45NO. The lowest BCUT2D eigenvalue weighted by Crippen LogP contribution is -2.50. The van der Waals surface area contributed by atoms with Crippen LogP contribution in [0.15, 0.2) is 23.8 Å². The van der Waals surface area contributed by atoms with Crippen LogP contribution in [0.1, 0.15) is 85.5 Å². The van der Waals surface area contributed by atoms with Crippen LogP contribution in [0.5, 0.6) is 0 Å². The van der Waals surface area contributed by atoms with Gasteiger partial charge in [-0.3, -0.25) is 4.90 Å². The van der Waals surface area contributed by atoms with Gasteiger partial charge in [-0.25, -0.2) is 0 Å². The zero-order chi connectivity index (χ0) is 21.6. The van der Waals surface area contributed by atoms with E-state index in [9.17, 15) is 5.11 Å². The minimum atomic E-state index is -0.612. The van der Waals surface area contributed by atoms with E-state index in [2.05, 4.69) is 43.9 Å². The van der Waals surface area contributed by atoms with Crippen LogP contribution in [0.3, 0.4) is 0 Å². The molecule has 1 heterocycles. The van der Waals surface area contributed by atoms with Gasteiger partial charge in [0.05, 0.1) is 5.60 Å². The van der Waals surface area contributed by atoms with Crippen LogP contribution in [0, 0.1) is 46.3 Å². The fourth-order valence-corrected chi connectivity index (χ4v) is 9.83. The Bertz CT molecular complexity index is 791. The molecule has 5 unspecified atom stereocenters. The third-order valence-corrected chi connectivity index (χ3v) is 11.7. The zero-order valence-corrected chi connectivity index (χ0v) is 20.4. The van der Waals surface area contributed by atoms with Crippen LogP contribution < -0.4 is 0 Å². The molecule has 6 rings (SSSR count). The van der Waals surface area contributed by atoms with E-state index in [1.807, 2.05) is 6.92 Å². The Labute approximate surface area is 190 Å². The van der Waals surface area contributed by atoms with Crippen molar-refractivity contribution >= 4 is 0 Å². The smallest absolute Gasteiger partial charge is 0.0805 e. The van der Waals surface area contributed by atoms with E-state index in [1.165, 1.54) is 63.6 Å². The van der Waals surface area contributed by atoms with Crippen molar-refractivity contribution in [3.63, 3.8) is 0 Å². The van der Waals surface area contributed by atoms with E-state index in [-0.39, 0.29) is 5.41 Å². The molecule has 0 amide bonds. The molecule has 1 N–H and O–H groups in total. The lowest BCUT2D eigenvalue weighted by Gasteiger charge is -2.57. The molecule has 31 heavy (non-hydrogen) atoms. The summed E-state index contributed by atoms with van der Waals surface area (Å²) >= 11 is 0. The van der Waals surface area contributed by atoms with Gasteiger partial charge in [-0.05, 0) is 129 Å². The summed E-state index contributed by atoms with van der Waals surface area (Å²) in [5.74, 6) is 5.26. The molecule has 6 aliphatic rings. The number of rotatable bonds is 2. The highest BCUT2D eigenvalue weighted by atomic mass is 16.3. The van der Waals surface area contributed by atoms with E-state index < -0.39 is 5.60 Å². The third-order valence-electron chi connectivity index (χ3n) is 11.7. The Hall–Kier alpha value is -0.600. The molecule has 0 spiro atoms. The molecule has 0 bridgehead atoms. The number of allylic oxidation sites excluding steroid dienone is 3. The van der Waals surface area contributed by atoms with Gasteiger partial charge < -0.3 is 5.11 Å². The van der Waals surface area contributed by atoms with E-state index >= 15 is 0 Å². The zero-order valence-electron chi connectivity index (χ0n) is 20.4. The van der Waals surface area contributed by atoms with Crippen molar-refractivity contribution in [3.05, 3.63) is 23.8 Å². The minimum absolute atomic E-state index is 0.282. The van der Waals surface area contributed by atoms with Gasteiger partial charge in [0.25, 0.3) is 0 Å². The second-order valence-corrected chi connectivity index (χ2v) is 13.3. The number of hydrogen-bond acceptors (Lipinski definition) is 2. The Morgan fingerprint density at radius 3 is 2.42 bits per heavy atom. The second-order valence-electron chi connectivity index (χ2n) is 13.3. The SMILES string of the molecule is C[C@H]1C(C2CC[C@H]3C4C=CC5=CC(C)(O)CC[C@@]5(C)[C@@H]4CC[C@]23C)C1N1CCCCC1. The largest absolute Gasteiger partial charge is 0.386 e. The van der Waals surface area contributed by atoms with Gasteiger partial charge in [0.15, 0.2) is 0 Å². The Morgan fingerprint density at radius 1 is 0.903 bits per heavy atom. The molecule has 3 saturated carbocycles. The summed E-state index contributed by atoms with van der Waals surface area (Å²) in [7, 11) is 0. The molecule has 0 aromatic rings. The van der Waals surface area contributed by atoms with Gasteiger partial charge in [-0.15, -0.1) is 0 Å². The van der Waals surface area contributed by atoms with Crippen LogP contribution >= 0.6 is 0 Å². The molecule has 1 aliphatic heterocycles. The highest BCUT2D eigenvalue weighted by Gasteiger charge is 2.64. The summed E-state index contributed by atoms with van der Waals surface area (Å²) in [4.78, 5) is 2.88. The van der Waals surface area contributed by atoms with Gasteiger partial charge in [0, 0.05) is 6.04 Å². The van der Waals surface area contributed by atoms with Crippen LogP contribution in [0.25, 0.3) is 0 Å². The molecule has 4 fully saturated rings. The Morgan fingerprint density at radius 2 is 1.65 bits per heavy atom. The predicted molar refractivity (Wildman–Crippen MR) is 128 cm³/mol. The number of fused-ring (bicyclic) bond motifs is 5. The summed E-state index contributed by atoms with van der Waals surface area (Å²) in [5, 5.41) is 10.7. The van der Waals surface area contributed by atoms with Gasteiger partial charge in [0.1, 0.15) is 0 Å². The monoisotopic (exact) mass is 423 g/mol. The van der Waals surface area contributed by atoms with E-state index in [0.717, 1.165) is 54.4 Å². The van der Waals surface area contributed by atoms with Crippen LogP contribution in [0.2, 0.25) is 0 Å². The van der Waals surface area contributed by atoms with Gasteiger partial charge in [-0.2, -0.15) is 0 Å². The van der Waals surface area contributed by atoms with Crippen molar-refractivity contribution < 1.29 is 5.11 Å². The molecule has 0 aromatic heterocycles. The maximum absolute atomic E-state index is 10.7. The first kappa shape index (κ1) is 21.0. The first-order chi connectivity index (χ1) is 14.7. The van der Waals surface area contributed by atoms with E-state index in [4.69, 9.17) is 0 Å². The summed E-state index contributed by atoms with van der Waals surface area (Å²) in [6.07, 6.45) is 19.4. The van der Waals surface area contributed by atoms with Crippen molar-refractivity contribution in [1.29, 1.82) is 0 Å². The summed E-state index contributed by atoms with van der Waals surface area (Å²) < 4.78 is 0. The summed E-state index contributed by atoms with van der Waals surface area (Å²) in [6, 6.07) is 0.896. The molecule has 5 aliphatic carbocycles. The predicted octanol–water partition coefficient (Wildman–Crippen LogP) is 6.21. The summed E-state index contributed by atoms with van der Waals surface area (Å²) in [5.41, 5.74) is 1.65. The molecular weight excluding hydrogens is 378 g/mol. The quantitative estimate of drug-likeness (QED) is 0.570. The third kappa shape index (κ3) is 3.03.